The summed E-state index contributed by atoms with van der Waals surface area (Å²) >= 11 is 0. The van der Waals surface area contributed by atoms with E-state index in [9.17, 15) is 25.2 Å². The Bertz CT molecular complexity index is 893. The predicted molar refractivity (Wildman–Crippen MR) is 110 cm³/mol. The van der Waals surface area contributed by atoms with Crippen molar-refractivity contribution in [1.29, 1.82) is 0 Å². The lowest BCUT2D eigenvalue weighted by Crippen LogP contribution is -2.60. The lowest BCUT2D eigenvalue weighted by atomic mass is 9.99. The van der Waals surface area contributed by atoms with Crippen molar-refractivity contribution in [1.82, 2.24) is 0 Å². The van der Waals surface area contributed by atoms with Crippen molar-refractivity contribution < 1.29 is 48.9 Å². The zero-order valence-corrected chi connectivity index (χ0v) is 17.6. The summed E-state index contributed by atoms with van der Waals surface area (Å²) in [5, 5.41) is 39.2. The summed E-state index contributed by atoms with van der Waals surface area (Å²) < 4.78 is 26.7. The van der Waals surface area contributed by atoms with E-state index in [4.69, 9.17) is 23.7 Å². The van der Waals surface area contributed by atoms with Crippen molar-refractivity contribution >= 4 is 5.97 Å². The van der Waals surface area contributed by atoms with Gasteiger partial charge in [-0.25, -0.2) is 4.79 Å². The van der Waals surface area contributed by atoms with Crippen LogP contribution in [0.1, 0.15) is 15.9 Å². The molecule has 10 nitrogen and oxygen atoms in total. The van der Waals surface area contributed by atoms with E-state index >= 15 is 0 Å². The molecule has 0 spiro atoms. The highest BCUT2D eigenvalue weighted by Gasteiger charge is 2.44. The molecule has 5 unspecified atom stereocenters. The van der Waals surface area contributed by atoms with Gasteiger partial charge in [0.05, 0.1) is 20.8 Å². The molecular weight excluding hydrogens is 424 g/mol. The van der Waals surface area contributed by atoms with Gasteiger partial charge in [-0.1, -0.05) is 18.2 Å². The molecule has 2 aromatic rings. The van der Waals surface area contributed by atoms with Gasteiger partial charge in [-0.05, 0) is 29.8 Å². The van der Waals surface area contributed by atoms with Crippen molar-refractivity contribution in [3.8, 4) is 17.2 Å². The Balaban J connectivity index is 1.68. The van der Waals surface area contributed by atoms with Crippen LogP contribution < -0.4 is 14.2 Å². The number of aliphatic hydroxyl groups excluding tert-OH is 4. The third-order valence-electron chi connectivity index (χ3n) is 5.00. The normalized spacial score (nSPS) is 25.1. The number of rotatable bonds is 8. The third-order valence-corrected chi connectivity index (χ3v) is 5.00. The fourth-order valence-corrected chi connectivity index (χ4v) is 3.28. The van der Waals surface area contributed by atoms with E-state index in [1.165, 1.54) is 14.2 Å². The summed E-state index contributed by atoms with van der Waals surface area (Å²) in [6.07, 6.45) is -6.97. The number of carbonyl (C=O) groups is 1. The summed E-state index contributed by atoms with van der Waals surface area (Å²) in [7, 11) is 2.87. The maximum absolute atomic E-state index is 12.6. The van der Waals surface area contributed by atoms with Gasteiger partial charge in [-0.15, -0.1) is 0 Å². The van der Waals surface area contributed by atoms with Gasteiger partial charge in [0.25, 0.3) is 0 Å². The average molecular weight is 450 g/mol. The molecule has 0 radical (unpaired) electrons. The second-order valence-electron chi connectivity index (χ2n) is 7.08. The Kier molecular flexibility index (Phi) is 7.89. The van der Waals surface area contributed by atoms with Gasteiger partial charge in [-0.3, -0.25) is 0 Å². The van der Waals surface area contributed by atoms with Crippen molar-refractivity contribution in [2.75, 3.05) is 20.8 Å². The molecular formula is C22H26O10. The van der Waals surface area contributed by atoms with Crippen LogP contribution in [-0.2, 0) is 16.1 Å². The minimum Gasteiger partial charge on any atom is -0.496 e. The summed E-state index contributed by atoms with van der Waals surface area (Å²) in [5.74, 6) is 0.250. The molecule has 10 heteroatoms. The highest BCUT2D eigenvalue weighted by Crippen LogP contribution is 2.29. The maximum Gasteiger partial charge on any atom is 0.346 e. The summed E-state index contributed by atoms with van der Waals surface area (Å²) in [5.41, 5.74) is 0.737. The molecule has 5 atom stereocenters. The molecule has 174 valence electrons. The molecule has 0 aromatic heterocycles. The van der Waals surface area contributed by atoms with Crippen LogP contribution in [0.2, 0.25) is 0 Å². The molecule has 1 aliphatic heterocycles. The van der Waals surface area contributed by atoms with Crippen LogP contribution in [0.4, 0.5) is 0 Å². The topological polar surface area (TPSA) is 144 Å². The van der Waals surface area contributed by atoms with Crippen molar-refractivity contribution in [2.45, 2.75) is 37.3 Å². The van der Waals surface area contributed by atoms with Crippen molar-refractivity contribution in [3.05, 3.63) is 53.6 Å². The van der Waals surface area contributed by atoms with E-state index in [0.29, 0.717) is 17.1 Å². The highest BCUT2D eigenvalue weighted by atomic mass is 16.7. The number of esters is 1. The molecule has 32 heavy (non-hydrogen) atoms. The molecule has 0 amide bonds. The standard InChI is InChI=1S/C22H26O10/c1-28-14-7-4-8-15(29-2)17(14)21(27)30-11-12-5-3-6-13(9-12)31-22-20(26)19(25)18(24)16(10-23)32-22/h3-9,16,18-20,22-26H,10-11H2,1-2H3. The van der Waals surface area contributed by atoms with Gasteiger partial charge in [0.2, 0.25) is 6.29 Å². The van der Waals surface area contributed by atoms with Crippen molar-refractivity contribution in [3.63, 3.8) is 0 Å². The number of hydrogen-bond donors (Lipinski definition) is 4. The van der Waals surface area contributed by atoms with Gasteiger partial charge in [0.1, 0.15) is 53.8 Å². The van der Waals surface area contributed by atoms with Crippen LogP contribution in [0.5, 0.6) is 17.2 Å². The second kappa shape index (κ2) is 10.6. The largest absolute Gasteiger partial charge is 0.496 e. The minimum atomic E-state index is -1.55. The fraction of sp³-hybridized carbons (Fsp3) is 0.409. The number of benzene rings is 2. The number of aliphatic hydroxyl groups is 4. The van der Waals surface area contributed by atoms with Crippen LogP contribution in [-0.4, -0.2) is 77.9 Å². The smallest absolute Gasteiger partial charge is 0.346 e. The minimum absolute atomic E-state index is 0.0914. The van der Waals surface area contributed by atoms with Crippen LogP contribution in [0, 0.1) is 0 Å². The van der Waals surface area contributed by atoms with Crippen molar-refractivity contribution in [2.24, 2.45) is 0 Å². The first-order valence-electron chi connectivity index (χ1n) is 9.83. The first-order chi connectivity index (χ1) is 15.4. The average Bonchev–Trinajstić information content (AvgIpc) is 2.82. The molecule has 3 rings (SSSR count). The van der Waals surface area contributed by atoms with Gasteiger partial charge in [-0.2, -0.15) is 0 Å². The summed E-state index contributed by atoms with van der Waals surface area (Å²) in [4.78, 5) is 12.6. The molecule has 0 saturated carbocycles. The quantitative estimate of drug-likeness (QED) is 0.413. The molecule has 0 aliphatic carbocycles. The Morgan fingerprint density at radius 2 is 1.62 bits per heavy atom. The Morgan fingerprint density at radius 3 is 2.25 bits per heavy atom. The Labute approximate surface area is 184 Å². The predicted octanol–water partition coefficient (Wildman–Crippen LogP) is 0.239. The third kappa shape index (κ3) is 5.12. The van der Waals surface area contributed by atoms with Gasteiger partial charge < -0.3 is 44.1 Å². The van der Waals surface area contributed by atoms with E-state index in [-0.39, 0.29) is 17.9 Å². The zero-order chi connectivity index (χ0) is 23.3. The number of ether oxygens (including phenoxy) is 5. The molecule has 1 saturated heterocycles. The molecule has 4 N–H and O–H groups in total. The lowest BCUT2D eigenvalue weighted by molar-refractivity contribution is -0.277. The maximum atomic E-state index is 12.6. The monoisotopic (exact) mass is 450 g/mol. The fourth-order valence-electron chi connectivity index (χ4n) is 3.28. The van der Waals surface area contributed by atoms with Gasteiger partial charge >= 0.3 is 5.97 Å². The lowest BCUT2D eigenvalue weighted by Gasteiger charge is -2.39. The van der Waals surface area contributed by atoms with E-state index < -0.39 is 43.3 Å². The first kappa shape index (κ1) is 23.8. The van der Waals surface area contributed by atoms with Crippen LogP contribution in [0.25, 0.3) is 0 Å². The van der Waals surface area contributed by atoms with E-state index in [1.54, 1.807) is 42.5 Å². The number of carbonyl (C=O) groups excluding carboxylic acids is 1. The Morgan fingerprint density at radius 1 is 0.969 bits per heavy atom. The van der Waals surface area contributed by atoms with E-state index in [2.05, 4.69) is 0 Å². The highest BCUT2D eigenvalue weighted by molar-refractivity contribution is 5.95. The van der Waals surface area contributed by atoms with E-state index in [1.807, 2.05) is 0 Å². The van der Waals surface area contributed by atoms with Gasteiger partial charge in [0.15, 0.2) is 0 Å². The van der Waals surface area contributed by atoms with E-state index in [0.717, 1.165) is 0 Å². The molecule has 2 aromatic carbocycles. The first-order valence-corrected chi connectivity index (χ1v) is 9.83. The molecule has 1 fully saturated rings. The number of methoxy groups -OCH3 is 2. The molecule has 1 heterocycles. The molecule has 0 bridgehead atoms. The number of hydrogen-bond acceptors (Lipinski definition) is 10. The summed E-state index contributed by atoms with van der Waals surface area (Å²) in [6, 6.07) is 11.4. The summed E-state index contributed by atoms with van der Waals surface area (Å²) in [6.45, 7) is -0.654. The molecule has 1 aliphatic rings. The SMILES string of the molecule is COc1cccc(OC)c1C(=O)OCc1cccc(OC2OC(CO)C(O)C(O)C2O)c1. The van der Waals surface area contributed by atoms with Crippen LogP contribution in [0.3, 0.4) is 0 Å². The van der Waals surface area contributed by atoms with Crippen LogP contribution >= 0.6 is 0 Å². The second-order valence-corrected chi connectivity index (χ2v) is 7.08. The van der Waals surface area contributed by atoms with Gasteiger partial charge in [0, 0.05) is 0 Å². The Hall–Kier alpha value is -2.89. The zero-order valence-electron chi connectivity index (χ0n) is 17.6. The van der Waals surface area contributed by atoms with Crippen LogP contribution in [0.15, 0.2) is 42.5 Å².